The van der Waals surface area contributed by atoms with Gasteiger partial charge in [-0.1, -0.05) is 6.07 Å². The molecule has 0 saturated carbocycles. The number of nitrogens with zero attached hydrogens (tertiary/aromatic N) is 1. The van der Waals surface area contributed by atoms with Crippen molar-refractivity contribution in [2.45, 2.75) is 29.9 Å². The van der Waals surface area contributed by atoms with Crippen LogP contribution in [0.1, 0.15) is 18.9 Å². The molecule has 1 aromatic rings. The van der Waals surface area contributed by atoms with E-state index in [1.807, 2.05) is 20.0 Å². The number of thioether (sulfide) groups is 1. The molecule has 0 saturated heterocycles. The molecule has 0 fully saturated rings. The molecule has 0 aromatic heterocycles. The van der Waals surface area contributed by atoms with Crippen LogP contribution in [0.25, 0.3) is 0 Å². The van der Waals surface area contributed by atoms with Crippen molar-refractivity contribution < 1.29 is 4.79 Å². The highest BCUT2D eigenvalue weighted by Gasteiger charge is 2.27. The Hall–Kier alpha value is -1.00. The second kappa shape index (κ2) is 5.10. The third kappa shape index (κ3) is 2.48. The minimum atomic E-state index is 0.0114. The van der Waals surface area contributed by atoms with Gasteiger partial charge in [-0.25, -0.2) is 0 Å². The predicted octanol–water partition coefficient (Wildman–Crippen LogP) is 2.03. The molecule has 3 nitrogen and oxygen atoms in total. The number of rotatable bonds is 3. The number of anilines is 1. The highest BCUT2D eigenvalue weighted by molar-refractivity contribution is 8.00. The van der Waals surface area contributed by atoms with Gasteiger partial charge in [-0.05, 0) is 44.0 Å². The molecule has 1 unspecified atom stereocenters. The van der Waals surface area contributed by atoms with Crippen LogP contribution in [0.5, 0.6) is 0 Å². The van der Waals surface area contributed by atoms with Crippen LogP contribution in [-0.4, -0.2) is 24.7 Å². The first-order valence-corrected chi connectivity index (χ1v) is 6.78. The molecule has 2 N–H and O–H groups in total. The van der Waals surface area contributed by atoms with Crippen LogP contribution in [0.15, 0.2) is 23.1 Å². The molecular weight excluding hydrogens is 232 g/mol. The van der Waals surface area contributed by atoms with E-state index in [4.69, 9.17) is 5.73 Å². The molecule has 0 spiro atoms. The van der Waals surface area contributed by atoms with Crippen molar-refractivity contribution in [2.24, 2.45) is 5.73 Å². The van der Waals surface area contributed by atoms with Crippen LogP contribution < -0.4 is 10.6 Å². The molecule has 2 rings (SSSR count). The molecule has 1 amide bonds. The van der Waals surface area contributed by atoms with E-state index < -0.39 is 0 Å². The van der Waals surface area contributed by atoms with Gasteiger partial charge in [-0.15, -0.1) is 11.8 Å². The van der Waals surface area contributed by atoms with Crippen molar-refractivity contribution >= 4 is 23.4 Å². The van der Waals surface area contributed by atoms with Crippen LogP contribution in [0, 0.1) is 0 Å². The Balaban J connectivity index is 2.27. The number of nitrogens with two attached hydrogens (primary N) is 1. The smallest absolute Gasteiger partial charge is 0.239 e. The maximum absolute atomic E-state index is 11.8. The number of fused-ring (bicyclic) bond motifs is 1. The Morgan fingerprint density at radius 1 is 1.47 bits per heavy atom. The van der Waals surface area contributed by atoms with Gasteiger partial charge in [0.25, 0.3) is 0 Å². The summed E-state index contributed by atoms with van der Waals surface area (Å²) < 4.78 is 0. The zero-order chi connectivity index (χ0) is 12.4. The van der Waals surface area contributed by atoms with E-state index in [-0.39, 0.29) is 11.2 Å². The molecule has 0 aliphatic carbocycles. The summed E-state index contributed by atoms with van der Waals surface area (Å²) in [5.74, 6) is 0.178. The third-order valence-electron chi connectivity index (χ3n) is 3.04. The molecule has 92 valence electrons. The molecule has 1 aliphatic rings. The Labute approximate surface area is 106 Å². The zero-order valence-electron chi connectivity index (χ0n) is 10.3. The van der Waals surface area contributed by atoms with Gasteiger partial charge in [0.1, 0.15) is 0 Å². The van der Waals surface area contributed by atoms with E-state index in [0.29, 0.717) is 0 Å². The van der Waals surface area contributed by atoms with Gasteiger partial charge in [0, 0.05) is 11.9 Å². The molecule has 4 heteroatoms. The summed E-state index contributed by atoms with van der Waals surface area (Å²) >= 11 is 1.65. The van der Waals surface area contributed by atoms with E-state index in [1.165, 1.54) is 10.5 Å². The van der Waals surface area contributed by atoms with Crippen molar-refractivity contribution in [2.75, 3.05) is 18.5 Å². The van der Waals surface area contributed by atoms with Gasteiger partial charge in [0.05, 0.1) is 10.9 Å². The fourth-order valence-corrected chi connectivity index (χ4v) is 3.21. The van der Waals surface area contributed by atoms with Gasteiger partial charge in [-0.2, -0.15) is 0 Å². The molecule has 1 aliphatic heterocycles. The summed E-state index contributed by atoms with van der Waals surface area (Å²) in [6, 6.07) is 6.32. The first-order valence-electron chi connectivity index (χ1n) is 5.90. The normalized spacial score (nSPS) is 19.4. The van der Waals surface area contributed by atoms with Gasteiger partial charge in [-0.3, -0.25) is 4.79 Å². The number of benzene rings is 1. The van der Waals surface area contributed by atoms with Crippen molar-refractivity contribution in [3.05, 3.63) is 23.8 Å². The molecule has 17 heavy (non-hydrogen) atoms. The highest BCUT2D eigenvalue weighted by atomic mass is 32.2. The fourth-order valence-electron chi connectivity index (χ4n) is 2.02. The van der Waals surface area contributed by atoms with E-state index in [0.717, 1.165) is 25.1 Å². The second-order valence-corrected chi connectivity index (χ2v) is 5.73. The first-order chi connectivity index (χ1) is 8.13. The lowest BCUT2D eigenvalue weighted by Crippen LogP contribution is -2.36. The Kier molecular flexibility index (Phi) is 3.74. The molecule has 1 atom stereocenters. The van der Waals surface area contributed by atoms with Gasteiger partial charge < -0.3 is 10.6 Å². The fraction of sp³-hybridized carbons (Fsp3) is 0.462. The summed E-state index contributed by atoms with van der Waals surface area (Å²) in [4.78, 5) is 14.8. The van der Waals surface area contributed by atoms with E-state index >= 15 is 0 Å². The summed E-state index contributed by atoms with van der Waals surface area (Å²) in [7, 11) is 1.84. The lowest BCUT2D eigenvalue weighted by Gasteiger charge is -2.29. The molecule has 1 heterocycles. The highest BCUT2D eigenvalue weighted by Crippen LogP contribution is 2.38. The largest absolute Gasteiger partial charge is 0.330 e. The maximum Gasteiger partial charge on any atom is 0.239 e. The molecule has 0 bridgehead atoms. The van der Waals surface area contributed by atoms with Crippen molar-refractivity contribution in [3.63, 3.8) is 0 Å². The molecular formula is C13H18N2OS. The van der Waals surface area contributed by atoms with Gasteiger partial charge in [0.2, 0.25) is 5.91 Å². The van der Waals surface area contributed by atoms with Crippen LogP contribution in [-0.2, 0) is 11.2 Å². The lowest BCUT2D eigenvalue weighted by molar-refractivity contribution is -0.117. The van der Waals surface area contributed by atoms with Crippen molar-refractivity contribution in [1.82, 2.24) is 0 Å². The zero-order valence-corrected chi connectivity index (χ0v) is 11.1. The minimum Gasteiger partial charge on any atom is -0.330 e. The number of aryl methyl sites for hydroxylation is 1. The topological polar surface area (TPSA) is 46.3 Å². The van der Waals surface area contributed by atoms with Crippen molar-refractivity contribution in [1.29, 1.82) is 0 Å². The van der Waals surface area contributed by atoms with E-state index in [9.17, 15) is 4.79 Å². The van der Waals surface area contributed by atoms with Gasteiger partial charge >= 0.3 is 0 Å². The van der Waals surface area contributed by atoms with E-state index in [1.54, 1.807) is 16.7 Å². The maximum atomic E-state index is 11.8. The number of carbonyl (C=O) groups is 1. The minimum absolute atomic E-state index is 0.0114. The number of carbonyl (C=O) groups excluding carboxylic acids is 1. The Morgan fingerprint density at radius 3 is 2.94 bits per heavy atom. The average Bonchev–Trinajstić information content (AvgIpc) is 2.33. The molecule has 1 aromatic carbocycles. The predicted molar refractivity (Wildman–Crippen MR) is 72.5 cm³/mol. The van der Waals surface area contributed by atoms with E-state index in [2.05, 4.69) is 12.1 Å². The number of hydrogen-bond acceptors (Lipinski definition) is 3. The number of hydrogen-bond donors (Lipinski definition) is 1. The first kappa shape index (κ1) is 12.5. The standard InChI is InChI=1S/C13H18N2OS/c1-9-13(16)15(2)11-6-5-10(4-3-7-14)8-12(11)17-9/h5-6,8-9H,3-4,7,14H2,1-2H3. The van der Waals surface area contributed by atoms with Gasteiger partial charge in [0.15, 0.2) is 0 Å². The van der Waals surface area contributed by atoms with Crippen LogP contribution in [0.4, 0.5) is 5.69 Å². The Morgan fingerprint density at radius 2 is 2.24 bits per heavy atom. The SMILES string of the molecule is CC1Sc2cc(CCCN)ccc2N(C)C1=O. The summed E-state index contributed by atoms with van der Waals surface area (Å²) in [5.41, 5.74) is 7.84. The second-order valence-electron chi connectivity index (χ2n) is 4.35. The summed E-state index contributed by atoms with van der Waals surface area (Å²) in [6.45, 7) is 2.68. The summed E-state index contributed by atoms with van der Waals surface area (Å²) in [5, 5.41) is 0.0114. The van der Waals surface area contributed by atoms with Crippen LogP contribution >= 0.6 is 11.8 Å². The third-order valence-corrected chi connectivity index (χ3v) is 4.17. The van der Waals surface area contributed by atoms with Crippen LogP contribution in [0.3, 0.4) is 0 Å². The van der Waals surface area contributed by atoms with Crippen LogP contribution in [0.2, 0.25) is 0 Å². The number of amides is 1. The quantitative estimate of drug-likeness (QED) is 0.893. The van der Waals surface area contributed by atoms with Crippen molar-refractivity contribution in [3.8, 4) is 0 Å². The molecule has 0 radical (unpaired) electrons. The Bertz CT molecular complexity index is 433. The average molecular weight is 250 g/mol. The summed E-state index contributed by atoms with van der Waals surface area (Å²) in [6.07, 6.45) is 2.02. The lowest BCUT2D eigenvalue weighted by atomic mass is 10.1. The monoisotopic (exact) mass is 250 g/mol.